The van der Waals surface area contributed by atoms with Crippen molar-refractivity contribution in [1.29, 1.82) is 0 Å². The monoisotopic (exact) mass is 413 g/mol. The van der Waals surface area contributed by atoms with Gasteiger partial charge >= 0.3 is 0 Å². The summed E-state index contributed by atoms with van der Waals surface area (Å²) in [5, 5.41) is 4.86. The summed E-state index contributed by atoms with van der Waals surface area (Å²) >= 11 is 0. The predicted octanol–water partition coefficient (Wildman–Crippen LogP) is 7.22. The molecule has 4 aromatic carbocycles. The van der Waals surface area contributed by atoms with Crippen LogP contribution >= 0.6 is 0 Å². The molecule has 32 heavy (non-hydrogen) atoms. The van der Waals surface area contributed by atoms with Crippen molar-refractivity contribution in [3.63, 3.8) is 0 Å². The molecule has 0 unspecified atom stereocenters. The molecule has 0 radical (unpaired) electrons. The van der Waals surface area contributed by atoms with Gasteiger partial charge in [-0.1, -0.05) is 66.7 Å². The zero-order valence-electron chi connectivity index (χ0n) is 17.9. The van der Waals surface area contributed by atoms with Gasteiger partial charge in [0.1, 0.15) is 5.82 Å². The lowest BCUT2D eigenvalue weighted by atomic mass is 10.1. The standard InChI is InChI=1S/C29H23N3/c1-2-3-17-29(30)32-26-16-10-8-14-22(26)24-18-27-23(19-28(24)32)21-13-7-9-15-25(21)31(27)20-11-5-4-6-12-20/h2-19H,30H2,1H3/b3-2-,29-17+. The SMILES string of the molecule is C/C=C\C=C(/N)n1c2ccccc2c2cc3c(cc21)c1ccccc1n3-c1ccccc1. The number of fused-ring (bicyclic) bond motifs is 6. The first kappa shape index (κ1) is 18.5. The molecule has 0 saturated heterocycles. The van der Waals surface area contributed by atoms with Gasteiger partial charge in [0, 0.05) is 27.2 Å². The second-order valence-electron chi connectivity index (χ2n) is 8.04. The average molecular weight is 414 g/mol. The molecule has 3 nitrogen and oxygen atoms in total. The minimum atomic E-state index is 0.709. The molecule has 2 aromatic heterocycles. The predicted molar refractivity (Wildman–Crippen MR) is 137 cm³/mol. The van der Waals surface area contributed by atoms with Gasteiger partial charge < -0.3 is 10.3 Å². The number of hydrogen-bond donors (Lipinski definition) is 1. The van der Waals surface area contributed by atoms with Crippen molar-refractivity contribution in [3.8, 4) is 5.69 Å². The van der Waals surface area contributed by atoms with Crippen LogP contribution in [0.15, 0.2) is 109 Å². The molecule has 0 aliphatic carbocycles. The van der Waals surface area contributed by atoms with Crippen molar-refractivity contribution in [2.24, 2.45) is 5.73 Å². The van der Waals surface area contributed by atoms with Gasteiger partial charge in [-0.05, 0) is 49.4 Å². The van der Waals surface area contributed by atoms with E-state index < -0.39 is 0 Å². The van der Waals surface area contributed by atoms with E-state index in [1.165, 1.54) is 32.6 Å². The summed E-state index contributed by atoms with van der Waals surface area (Å²) in [6.07, 6.45) is 5.94. The van der Waals surface area contributed by atoms with Crippen LogP contribution in [-0.2, 0) is 0 Å². The number of hydrogen-bond acceptors (Lipinski definition) is 1. The fourth-order valence-electron chi connectivity index (χ4n) is 4.83. The first-order chi connectivity index (χ1) is 15.8. The quantitative estimate of drug-likeness (QED) is 0.305. The number of allylic oxidation sites excluding steroid dienone is 3. The van der Waals surface area contributed by atoms with Gasteiger partial charge in [-0.15, -0.1) is 0 Å². The molecule has 0 aliphatic rings. The van der Waals surface area contributed by atoms with E-state index in [9.17, 15) is 0 Å². The third-order valence-electron chi connectivity index (χ3n) is 6.20. The summed E-state index contributed by atoms with van der Waals surface area (Å²) in [7, 11) is 0. The van der Waals surface area contributed by atoms with Crippen LogP contribution in [0.2, 0.25) is 0 Å². The lowest BCUT2D eigenvalue weighted by Gasteiger charge is -2.09. The van der Waals surface area contributed by atoms with Gasteiger partial charge in [-0.3, -0.25) is 4.57 Å². The Balaban J connectivity index is 1.82. The minimum Gasteiger partial charge on any atom is -0.385 e. The zero-order valence-corrected chi connectivity index (χ0v) is 17.9. The Kier molecular flexibility index (Phi) is 4.15. The number of nitrogens with zero attached hydrogens (tertiary/aromatic N) is 2. The van der Waals surface area contributed by atoms with Crippen LogP contribution in [0.1, 0.15) is 6.92 Å². The van der Waals surface area contributed by atoms with Crippen molar-refractivity contribution >= 4 is 49.4 Å². The molecule has 0 spiro atoms. The highest BCUT2D eigenvalue weighted by Gasteiger charge is 2.17. The highest BCUT2D eigenvalue weighted by molar-refractivity contribution is 6.19. The van der Waals surface area contributed by atoms with Gasteiger partial charge in [0.2, 0.25) is 0 Å². The summed E-state index contributed by atoms with van der Waals surface area (Å²) in [6.45, 7) is 2.00. The Morgan fingerprint density at radius 1 is 0.656 bits per heavy atom. The van der Waals surface area contributed by atoms with Crippen molar-refractivity contribution in [2.75, 3.05) is 0 Å². The van der Waals surface area contributed by atoms with E-state index in [-0.39, 0.29) is 0 Å². The van der Waals surface area contributed by atoms with Crippen molar-refractivity contribution < 1.29 is 0 Å². The lowest BCUT2D eigenvalue weighted by Crippen LogP contribution is -2.05. The Morgan fingerprint density at radius 2 is 1.25 bits per heavy atom. The van der Waals surface area contributed by atoms with Crippen LogP contribution in [0, 0.1) is 0 Å². The third kappa shape index (κ3) is 2.61. The van der Waals surface area contributed by atoms with Crippen LogP contribution in [0.3, 0.4) is 0 Å². The van der Waals surface area contributed by atoms with Crippen molar-refractivity contribution in [2.45, 2.75) is 6.92 Å². The molecule has 3 heteroatoms. The first-order valence-corrected chi connectivity index (χ1v) is 10.9. The topological polar surface area (TPSA) is 35.9 Å². The Bertz CT molecular complexity index is 1680. The maximum Gasteiger partial charge on any atom is 0.108 e. The fourth-order valence-corrected chi connectivity index (χ4v) is 4.83. The molecule has 0 aliphatic heterocycles. The molecule has 0 bridgehead atoms. The lowest BCUT2D eigenvalue weighted by molar-refractivity contribution is 1.17. The van der Waals surface area contributed by atoms with Gasteiger partial charge in [0.15, 0.2) is 0 Å². The second kappa shape index (κ2) is 7.17. The van der Waals surface area contributed by atoms with Crippen molar-refractivity contribution in [1.82, 2.24) is 9.13 Å². The largest absolute Gasteiger partial charge is 0.385 e. The number of rotatable bonds is 3. The number of benzene rings is 4. The average Bonchev–Trinajstić information content (AvgIpc) is 3.34. The van der Waals surface area contributed by atoms with Gasteiger partial charge in [0.25, 0.3) is 0 Å². The maximum atomic E-state index is 6.58. The molecule has 2 N–H and O–H groups in total. The third-order valence-corrected chi connectivity index (χ3v) is 6.20. The van der Waals surface area contributed by atoms with Crippen LogP contribution in [0.25, 0.3) is 55.1 Å². The molecule has 2 heterocycles. The molecule has 154 valence electrons. The van der Waals surface area contributed by atoms with E-state index in [0.717, 1.165) is 16.7 Å². The van der Waals surface area contributed by atoms with E-state index in [4.69, 9.17) is 5.73 Å². The normalized spacial score (nSPS) is 12.7. The van der Waals surface area contributed by atoms with E-state index in [2.05, 4.69) is 100 Å². The Morgan fingerprint density at radius 3 is 2.00 bits per heavy atom. The van der Waals surface area contributed by atoms with E-state index in [1.807, 2.05) is 25.2 Å². The minimum absolute atomic E-state index is 0.709. The van der Waals surface area contributed by atoms with Gasteiger partial charge in [-0.2, -0.15) is 0 Å². The zero-order chi connectivity index (χ0) is 21.7. The van der Waals surface area contributed by atoms with Gasteiger partial charge in [-0.25, -0.2) is 0 Å². The molecular weight excluding hydrogens is 390 g/mol. The summed E-state index contributed by atoms with van der Waals surface area (Å²) in [5.41, 5.74) is 12.4. The summed E-state index contributed by atoms with van der Waals surface area (Å²) < 4.78 is 4.52. The molecular formula is C29H23N3. The number of para-hydroxylation sites is 3. The maximum absolute atomic E-state index is 6.58. The summed E-state index contributed by atoms with van der Waals surface area (Å²) in [4.78, 5) is 0. The van der Waals surface area contributed by atoms with E-state index in [0.29, 0.717) is 5.82 Å². The molecule has 6 aromatic rings. The van der Waals surface area contributed by atoms with E-state index in [1.54, 1.807) is 0 Å². The molecule has 0 fully saturated rings. The molecule has 0 atom stereocenters. The molecule has 0 saturated carbocycles. The second-order valence-corrected chi connectivity index (χ2v) is 8.04. The highest BCUT2D eigenvalue weighted by atomic mass is 15.1. The number of nitrogens with two attached hydrogens (primary N) is 1. The molecule has 0 amide bonds. The van der Waals surface area contributed by atoms with Crippen LogP contribution in [-0.4, -0.2) is 9.13 Å². The highest BCUT2D eigenvalue weighted by Crippen LogP contribution is 2.38. The smallest absolute Gasteiger partial charge is 0.108 e. The van der Waals surface area contributed by atoms with Crippen LogP contribution in [0.4, 0.5) is 0 Å². The Hall–Kier alpha value is -4.24. The Labute approximate surface area is 186 Å². The van der Waals surface area contributed by atoms with Crippen LogP contribution < -0.4 is 5.73 Å². The van der Waals surface area contributed by atoms with E-state index >= 15 is 0 Å². The van der Waals surface area contributed by atoms with Gasteiger partial charge in [0.05, 0.1) is 22.1 Å². The summed E-state index contributed by atoms with van der Waals surface area (Å²) in [6, 6.07) is 32.3. The molecule has 6 rings (SSSR count). The van der Waals surface area contributed by atoms with Crippen molar-refractivity contribution in [3.05, 3.63) is 109 Å². The number of aromatic nitrogens is 2. The first-order valence-electron chi connectivity index (χ1n) is 10.9. The van der Waals surface area contributed by atoms with Crippen LogP contribution in [0.5, 0.6) is 0 Å². The summed E-state index contributed by atoms with van der Waals surface area (Å²) in [5.74, 6) is 0.709. The fraction of sp³-hybridized carbons (Fsp3) is 0.0345.